The molecule has 2 heterocycles. The molecule has 0 aliphatic rings. The Morgan fingerprint density at radius 3 is 2.89 bits per heavy atom. The Morgan fingerprint density at radius 1 is 1.39 bits per heavy atom. The molecule has 2 aromatic rings. The van der Waals surface area contributed by atoms with Crippen LogP contribution in [0.15, 0.2) is 29.2 Å². The SMILES string of the molecule is Cc1cc(NN)nc(Cn2cccc(C)c2=O)n1. The minimum atomic E-state index is -0.0372. The maximum absolute atomic E-state index is 11.9. The fraction of sp³-hybridized carbons (Fsp3) is 0.250. The summed E-state index contributed by atoms with van der Waals surface area (Å²) in [5.41, 5.74) is 3.94. The van der Waals surface area contributed by atoms with Crippen molar-refractivity contribution >= 4 is 5.82 Å². The zero-order valence-electron chi connectivity index (χ0n) is 10.3. The minimum Gasteiger partial charge on any atom is -0.308 e. The number of nitrogens with zero attached hydrogens (tertiary/aromatic N) is 3. The van der Waals surface area contributed by atoms with Gasteiger partial charge in [0.1, 0.15) is 5.82 Å². The molecule has 6 heteroatoms. The van der Waals surface area contributed by atoms with E-state index in [0.717, 1.165) is 5.69 Å². The van der Waals surface area contributed by atoms with Crippen molar-refractivity contribution < 1.29 is 0 Å². The maximum atomic E-state index is 11.9. The number of hydrazine groups is 1. The number of pyridine rings is 1. The van der Waals surface area contributed by atoms with E-state index in [1.54, 1.807) is 29.8 Å². The highest BCUT2D eigenvalue weighted by Gasteiger charge is 2.04. The van der Waals surface area contributed by atoms with Crippen molar-refractivity contribution in [2.24, 2.45) is 5.84 Å². The number of hydrogen-bond donors (Lipinski definition) is 2. The molecule has 0 aliphatic heterocycles. The van der Waals surface area contributed by atoms with Gasteiger partial charge >= 0.3 is 0 Å². The van der Waals surface area contributed by atoms with E-state index in [2.05, 4.69) is 15.4 Å². The normalized spacial score (nSPS) is 10.4. The van der Waals surface area contributed by atoms with Gasteiger partial charge in [-0.15, -0.1) is 0 Å². The zero-order valence-corrected chi connectivity index (χ0v) is 10.3. The van der Waals surface area contributed by atoms with E-state index in [1.165, 1.54) is 0 Å². The first-order valence-electron chi connectivity index (χ1n) is 5.57. The minimum absolute atomic E-state index is 0.0372. The standard InChI is InChI=1S/C12H15N5O/c1-8-4-3-5-17(12(8)18)7-11-14-9(2)6-10(15-11)16-13/h3-6H,7,13H2,1-2H3,(H,14,15,16). The second kappa shape index (κ2) is 4.97. The molecule has 0 fully saturated rings. The molecule has 0 spiro atoms. The van der Waals surface area contributed by atoms with Gasteiger partial charge in [-0.1, -0.05) is 6.07 Å². The molecule has 0 saturated heterocycles. The molecule has 0 atom stereocenters. The largest absolute Gasteiger partial charge is 0.308 e. The van der Waals surface area contributed by atoms with Gasteiger partial charge in [0.2, 0.25) is 0 Å². The third-order valence-corrected chi connectivity index (χ3v) is 2.57. The molecule has 18 heavy (non-hydrogen) atoms. The molecule has 0 aliphatic carbocycles. The van der Waals surface area contributed by atoms with Crippen molar-refractivity contribution in [3.8, 4) is 0 Å². The Labute approximate surface area is 104 Å². The lowest BCUT2D eigenvalue weighted by molar-refractivity contribution is 0.706. The van der Waals surface area contributed by atoms with Crippen LogP contribution >= 0.6 is 0 Å². The number of hydrogen-bond acceptors (Lipinski definition) is 5. The van der Waals surface area contributed by atoms with Crippen LogP contribution in [0.3, 0.4) is 0 Å². The summed E-state index contributed by atoms with van der Waals surface area (Å²) in [7, 11) is 0. The number of nitrogens with two attached hydrogens (primary N) is 1. The van der Waals surface area contributed by atoms with Gasteiger partial charge in [-0.2, -0.15) is 0 Å². The predicted molar refractivity (Wildman–Crippen MR) is 69.1 cm³/mol. The molecule has 0 aromatic carbocycles. The molecule has 0 bridgehead atoms. The molecule has 0 unspecified atom stereocenters. The molecular weight excluding hydrogens is 230 g/mol. The van der Waals surface area contributed by atoms with Gasteiger partial charge in [-0.25, -0.2) is 15.8 Å². The van der Waals surface area contributed by atoms with Gasteiger partial charge in [0.05, 0.1) is 6.54 Å². The lowest BCUT2D eigenvalue weighted by atomic mass is 10.3. The number of rotatable bonds is 3. The molecule has 6 nitrogen and oxygen atoms in total. The van der Waals surface area contributed by atoms with Crippen molar-refractivity contribution in [2.45, 2.75) is 20.4 Å². The predicted octanol–water partition coefficient (Wildman–Crippen LogP) is 0.589. The lowest BCUT2D eigenvalue weighted by Crippen LogP contribution is -2.23. The van der Waals surface area contributed by atoms with E-state index in [-0.39, 0.29) is 5.56 Å². The highest BCUT2D eigenvalue weighted by molar-refractivity contribution is 5.34. The monoisotopic (exact) mass is 245 g/mol. The second-order valence-electron chi connectivity index (χ2n) is 4.08. The highest BCUT2D eigenvalue weighted by atomic mass is 16.1. The topological polar surface area (TPSA) is 85.8 Å². The Hall–Kier alpha value is -2.21. The number of aromatic nitrogens is 3. The van der Waals surface area contributed by atoms with E-state index in [9.17, 15) is 4.79 Å². The highest BCUT2D eigenvalue weighted by Crippen LogP contribution is 2.05. The average Bonchev–Trinajstić information content (AvgIpc) is 2.34. The quantitative estimate of drug-likeness (QED) is 0.610. The van der Waals surface area contributed by atoms with Crippen LogP contribution in [0, 0.1) is 13.8 Å². The van der Waals surface area contributed by atoms with Crippen LogP contribution in [-0.4, -0.2) is 14.5 Å². The fourth-order valence-corrected chi connectivity index (χ4v) is 1.71. The molecule has 0 amide bonds. The van der Waals surface area contributed by atoms with Crippen LogP contribution in [0.2, 0.25) is 0 Å². The summed E-state index contributed by atoms with van der Waals surface area (Å²) >= 11 is 0. The Kier molecular flexibility index (Phi) is 3.38. The number of anilines is 1. The van der Waals surface area contributed by atoms with Gasteiger partial charge in [0, 0.05) is 23.5 Å². The van der Waals surface area contributed by atoms with E-state index >= 15 is 0 Å². The number of nitrogens with one attached hydrogen (secondary N) is 1. The maximum Gasteiger partial charge on any atom is 0.253 e. The first-order chi connectivity index (χ1) is 8.60. The molecule has 94 valence electrons. The lowest BCUT2D eigenvalue weighted by Gasteiger charge is -2.08. The Bertz CT molecular complexity index is 620. The third kappa shape index (κ3) is 2.54. The van der Waals surface area contributed by atoms with E-state index in [0.29, 0.717) is 23.8 Å². The van der Waals surface area contributed by atoms with Crippen LogP contribution < -0.4 is 16.8 Å². The van der Waals surface area contributed by atoms with Crippen LogP contribution in [0.5, 0.6) is 0 Å². The van der Waals surface area contributed by atoms with Crippen molar-refractivity contribution in [3.63, 3.8) is 0 Å². The molecule has 2 aromatic heterocycles. The summed E-state index contributed by atoms with van der Waals surface area (Å²) in [6.07, 6.45) is 1.72. The fourth-order valence-electron chi connectivity index (χ4n) is 1.71. The Balaban J connectivity index is 2.37. The summed E-state index contributed by atoms with van der Waals surface area (Å²) in [6, 6.07) is 5.35. The smallest absolute Gasteiger partial charge is 0.253 e. The van der Waals surface area contributed by atoms with Crippen molar-refractivity contribution in [1.29, 1.82) is 0 Å². The number of aryl methyl sites for hydroxylation is 2. The summed E-state index contributed by atoms with van der Waals surface area (Å²) in [5.74, 6) is 6.42. The van der Waals surface area contributed by atoms with Crippen molar-refractivity contribution in [3.05, 3.63) is 51.8 Å². The summed E-state index contributed by atoms with van der Waals surface area (Å²) in [6.45, 7) is 3.96. The third-order valence-electron chi connectivity index (χ3n) is 2.57. The van der Waals surface area contributed by atoms with Crippen LogP contribution in [-0.2, 0) is 6.54 Å². The van der Waals surface area contributed by atoms with Crippen molar-refractivity contribution in [1.82, 2.24) is 14.5 Å². The van der Waals surface area contributed by atoms with Crippen LogP contribution in [0.4, 0.5) is 5.82 Å². The second-order valence-corrected chi connectivity index (χ2v) is 4.08. The van der Waals surface area contributed by atoms with Gasteiger partial charge in [0.15, 0.2) is 5.82 Å². The Morgan fingerprint density at radius 2 is 2.17 bits per heavy atom. The molecular formula is C12H15N5O. The van der Waals surface area contributed by atoms with Gasteiger partial charge in [0.25, 0.3) is 5.56 Å². The molecule has 3 N–H and O–H groups in total. The van der Waals surface area contributed by atoms with Crippen LogP contribution in [0.1, 0.15) is 17.1 Å². The molecule has 2 rings (SSSR count). The van der Waals surface area contributed by atoms with Gasteiger partial charge < -0.3 is 9.99 Å². The zero-order chi connectivity index (χ0) is 13.1. The summed E-state index contributed by atoms with van der Waals surface area (Å²) in [5, 5.41) is 0. The molecule has 0 radical (unpaired) electrons. The first kappa shape index (κ1) is 12.3. The summed E-state index contributed by atoms with van der Waals surface area (Å²) in [4.78, 5) is 20.4. The van der Waals surface area contributed by atoms with E-state index in [1.807, 2.05) is 13.0 Å². The van der Waals surface area contributed by atoms with Gasteiger partial charge in [-0.3, -0.25) is 4.79 Å². The number of nitrogen functional groups attached to an aromatic ring is 1. The van der Waals surface area contributed by atoms with Crippen molar-refractivity contribution in [2.75, 3.05) is 5.43 Å². The summed E-state index contributed by atoms with van der Waals surface area (Å²) < 4.78 is 1.57. The molecule has 0 saturated carbocycles. The van der Waals surface area contributed by atoms with E-state index < -0.39 is 0 Å². The average molecular weight is 245 g/mol. The first-order valence-corrected chi connectivity index (χ1v) is 5.57. The van der Waals surface area contributed by atoms with E-state index in [4.69, 9.17) is 5.84 Å². The van der Waals surface area contributed by atoms with Gasteiger partial charge in [-0.05, 0) is 19.9 Å². The van der Waals surface area contributed by atoms with Crippen LogP contribution in [0.25, 0.3) is 0 Å².